The summed E-state index contributed by atoms with van der Waals surface area (Å²) in [6.07, 6.45) is 0. The standard InChI is InChI=1S/C19H15N3O/c20-12-14-5-3-8-16(11-14)22-19(23)13-21-18-10-4-7-15-6-1-2-9-17(15)18/h1-11,21H,13H2,(H,22,23). The van der Waals surface area contributed by atoms with Crippen molar-refractivity contribution in [1.82, 2.24) is 0 Å². The molecule has 0 aliphatic carbocycles. The van der Waals surface area contributed by atoms with Crippen molar-refractivity contribution in [3.05, 3.63) is 72.3 Å². The van der Waals surface area contributed by atoms with Gasteiger partial charge in [0.2, 0.25) is 5.91 Å². The van der Waals surface area contributed by atoms with Crippen LogP contribution in [0.1, 0.15) is 5.56 Å². The van der Waals surface area contributed by atoms with Crippen LogP contribution in [-0.4, -0.2) is 12.5 Å². The van der Waals surface area contributed by atoms with Gasteiger partial charge in [-0.2, -0.15) is 5.26 Å². The first-order chi connectivity index (χ1) is 11.3. The molecule has 3 aromatic rings. The highest BCUT2D eigenvalue weighted by atomic mass is 16.1. The lowest BCUT2D eigenvalue weighted by Crippen LogP contribution is -2.21. The summed E-state index contributed by atoms with van der Waals surface area (Å²) in [7, 11) is 0. The van der Waals surface area contributed by atoms with E-state index < -0.39 is 0 Å². The molecule has 3 rings (SSSR count). The molecule has 1 amide bonds. The molecule has 0 fully saturated rings. The minimum Gasteiger partial charge on any atom is -0.376 e. The van der Waals surface area contributed by atoms with Gasteiger partial charge in [0.05, 0.1) is 18.2 Å². The van der Waals surface area contributed by atoms with E-state index in [1.54, 1.807) is 24.3 Å². The van der Waals surface area contributed by atoms with Crippen LogP contribution in [0.5, 0.6) is 0 Å². The molecule has 0 radical (unpaired) electrons. The number of fused-ring (bicyclic) bond motifs is 1. The van der Waals surface area contributed by atoms with Crippen molar-refractivity contribution in [2.45, 2.75) is 0 Å². The van der Waals surface area contributed by atoms with Crippen molar-refractivity contribution in [1.29, 1.82) is 5.26 Å². The number of nitrogens with zero attached hydrogens (tertiary/aromatic N) is 1. The summed E-state index contributed by atoms with van der Waals surface area (Å²) in [6.45, 7) is 0.158. The maximum atomic E-state index is 12.1. The average molecular weight is 301 g/mol. The molecule has 0 spiro atoms. The Kier molecular flexibility index (Phi) is 4.21. The van der Waals surface area contributed by atoms with Crippen LogP contribution in [0.4, 0.5) is 11.4 Å². The predicted octanol–water partition coefficient (Wildman–Crippen LogP) is 3.76. The van der Waals surface area contributed by atoms with Crippen molar-refractivity contribution < 1.29 is 4.79 Å². The molecule has 4 nitrogen and oxygen atoms in total. The molecule has 0 atom stereocenters. The van der Waals surface area contributed by atoms with Crippen LogP contribution in [0.25, 0.3) is 10.8 Å². The molecule has 0 bridgehead atoms. The van der Waals surface area contributed by atoms with E-state index >= 15 is 0 Å². The van der Waals surface area contributed by atoms with Crippen molar-refractivity contribution in [2.24, 2.45) is 0 Å². The van der Waals surface area contributed by atoms with Crippen LogP contribution < -0.4 is 10.6 Å². The fourth-order valence-electron chi connectivity index (χ4n) is 2.43. The normalized spacial score (nSPS) is 10.0. The highest BCUT2D eigenvalue weighted by Crippen LogP contribution is 2.22. The molecule has 0 unspecified atom stereocenters. The first-order valence-electron chi connectivity index (χ1n) is 7.28. The molecule has 4 heteroatoms. The number of nitriles is 1. The van der Waals surface area contributed by atoms with Gasteiger partial charge >= 0.3 is 0 Å². The van der Waals surface area contributed by atoms with Gasteiger partial charge in [0.15, 0.2) is 0 Å². The quantitative estimate of drug-likeness (QED) is 0.771. The van der Waals surface area contributed by atoms with Crippen molar-refractivity contribution in [3.8, 4) is 6.07 Å². The zero-order valence-electron chi connectivity index (χ0n) is 12.4. The van der Waals surface area contributed by atoms with Crippen molar-refractivity contribution in [2.75, 3.05) is 17.2 Å². The number of nitrogens with one attached hydrogen (secondary N) is 2. The molecule has 0 aliphatic rings. The second-order valence-electron chi connectivity index (χ2n) is 5.12. The Balaban J connectivity index is 1.68. The van der Waals surface area contributed by atoms with E-state index in [4.69, 9.17) is 5.26 Å². The summed E-state index contributed by atoms with van der Waals surface area (Å²) in [5.74, 6) is -0.159. The number of amides is 1. The van der Waals surface area contributed by atoms with Gasteiger partial charge in [-0.3, -0.25) is 4.79 Å². The number of rotatable bonds is 4. The lowest BCUT2D eigenvalue weighted by atomic mass is 10.1. The summed E-state index contributed by atoms with van der Waals surface area (Å²) in [6, 6.07) is 22.9. The lowest BCUT2D eigenvalue weighted by Gasteiger charge is -2.10. The molecule has 0 heterocycles. The summed E-state index contributed by atoms with van der Waals surface area (Å²) in [5, 5.41) is 17.0. The molecular formula is C19H15N3O. The topological polar surface area (TPSA) is 64.9 Å². The van der Waals surface area contributed by atoms with Crippen molar-refractivity contribution in [3.63, 3.8) is 0 Å². The van der Waals surface area contributed by atoms with Crippen LogP contribution in [0, 0.1) is 11.3 Å². The Morgan fingerprint density at radius 1 is 1.00 bits per heavy atom. The van der Waals surface area contributed by atoms with Crippen LogP contribution in [0.2, 0.25) is 0 Å². The Morgan fingerprint density at radius 3 is 2.65 bits per heavy atom. The van der Waals surface area contributed by atoms with E-state index in [0.29, 0.717) is 11.3 Å². The number of anilines is 2. The third kappa shape index (κ3) is 3.47. The number of carbonyl (C=O) groups is 1. The van der Waals surface area contributed by atoms with Gasteiger partial charge in [-0.15, -0.1) is 0 Å². The lowest BCUT2D eigenvalue weighted by molar-refractivity contribution is -0.114. The first-order valence-corrected chi connectivity index (χ1v) is 7.28. The van der Waals surface area contributed by atoms with E-state index in [1.165, 1.54) is 0 Å². The Morgan fingerprint density at radius 2 is 1.78 bits per heavy atom. The minimum atomic E-state index is -0.159. The first kappa shape index (κ1) is 14.6. The molecule has 0 aliphatic heterocycles. The number of hydrogen-bond acceptors (Lipinski definition) is 3. The fraction of sp³-hybridized carbons (Fsp3) is 0.0526. The van der Waals surface area contributed by atoms with Gasteiger partial charge in [-0.1, -0.05) is 42.5 Å². The Bertz CT molecular complexity index is 891. The summed E-state index contributed by atoms with van der Waals surface area (Å²) >= 11 is 0. The highest BCUT2D eigenvalue weighted by molar-refractivity contribution is 5.97. The van der Waals surface area contributed by atoms with E-state index in [2.05, 4.69) is 16.7 Å². The molecule has 3 aromatic carbocycles. The summed E-state index contributed by atoms with van der Waals surface area (Å²) in [4.78, 5) is 12.1. The van der Waals surface area contributed by atoms with E-state index in [9.17, 15) is 4.79 Å². The highest BCUT2D eigenvalue weighted by Gasteiger charge is 2.05. The largest absolute Gasteiger partial charge is 0.376 e. The molecule has 0 saturated heterocycles. The maximum Gasteiger partial charge on any atom is 0.243 e. The van der Waals surface area contributed by atoms with E-state index in [1.807, 2.05) is 42.5 Å². The van der Waals surface area contributed by atoms with E-state index in [0.717, 1.165) is 16.5 Å². The average Bonchev–Trinajstić information content (AvgIpc) is 2.60. The van der Waals surface area contributed by atoms with Gasteiger partial charge in [0.1, 0.15) is 0 Å². The van der Waals surface area contributed by atoms with Gasteiger partial charge < -0.3 is 10.6 Å². The second kappa shape index (κ2) is 6.63. The van der Waals surface area contributed by atoms with E-state index in [-0.39, 0.29) is 12.5 Å². The number of hydrogen-bond donors (Lipinski definition) is 2. The fourth-order valence-corrected chi connectivity index (χ4v) is 2.43. The molecule has 23 heavy (non-hydrogen) atoms. The molecular weight excluding hydrogens is 286 g/mol. The number of carbonyl (C=O) groups excluding carboxylic acids is 1. The minimum absolute atomic E-state index is 0.158. The van der Waals surface area contributed by atoms with Crippen LogP contribution in [0.15, 0.2) is 66.7 Å². The monoisotopic (exact) mass is 301 g/mol. The van der Waals surface area contributed by atoms with Gasteiger partial charge in [0, 0.05) is 16.8 Å². The maximum absolute atomic E-state index is 12.1. The van der Waals surface area contributed by atoms with Gasteiger partial charge in [-0.25, -0.2) is 0 Å². The molecule has 2 N–H and O–H groups in total. The Hall–Kier alpha value is -3.32. The second-order valence-corrected chi connectivity index (χ2v) is 5.12. The Labute approximate surface area is 134 Å². The summed E-state index contributed by atoms with van der Waals surface area (Å²) < 4.78 is 0. The van der Waals surface area contributed by atoms with Crippen molar-refractivity contribution >= 4 is 28.1 Å². The summed E-state index contributed by atoms with van der Waals surface area (Å²) in [5.41, 5.74) is 2.06. The zero-order chi connectivity index (χ0) is 16.1. The van der Waals surface area contributed by atoms with Crippen LogP contribution in [-0.2, 0) is 4.79 Å². The van der Waals surface area contributed by atoms with Crippen LogP contribution in [0.3, 0.4) is 0 Å². The molecule has 112 valence electrons. The predicted molar refractivity (Wildman–Crippen MR) is 92.2 cm³/mol. The number of benzene rings is 3. The zero-order valence-corrected chi connectivity index (χ0v) is 12.4. The SMILES string of the molecule is N#Cc1cccc(NC(=O)CNc2cccc3ccccc23)c1. The third-order valence-corrected chi connectivity index (χ3v) is 3.50. The smallest absolute Gasteiger partial charge is 0.243 e. The van der Waals surface area contributed by atoms with Gasteiger partial charge in [0.25, 0.3) is 0 Å². The molecule has 0 aromatic heterocycles. The van der Waals surface area contributed by atoms with Gasteiger partial charge in [-0.05, 0) is 29.7 Å². The molecule has 0 saturated carbocycles. The third-order valence-electron chi connectivity index (χ3n) is 3.50. The van der Waals surface area contributed by atoms with Crippen LogP contribution >= 0.6 is 0 Å².